The van der Waals surface area contributed by atoms with E-state index < -0.39 is 0 Å². The number of nitrogens with one attached hydrogen (secondary N) is 1. The molecule has 2 aromatic heterocycles. The molecule has 0 radical (unpaired) electrons. The van der Waals surface area contributed by atoms with Crippen molar-refractivity contribution in [2.75, 3.05) is 6.54 Å². The number of hydrogen-bond acceptors (Lipinski definition) is 3. The van der Waals surface area contributed by atoms with Gasteiger partial charge in [0.1, 0.15) is 0 Å². The highest BCUT2D eigenvalue weighted by Crippen LogP contribution is 2.29. The Morgan fingerprint density at radius 2 is 2.14 bits per heavy atom. The molecule has 1 unspecified atom stereocenters. The molecular formula is C17H21N3S. The normalized spacial score (nSPS) is 12.9. The first-order valence-corrected chi connectivity index (χ1v) is 8.34. The average Bonchev–Trinajstić information content (AvgIpc) is 3.10. The van der Waals surface area contributed by atoms with Gasteiger partial charge >= 0.3 is 0 Å². The Hall–Kier alpha value is -1.65. The minimum Gasteiger partial charge on any atom is -0.308 e. The van der Waals surface area contributed by atoms with Crippen LogP contribution >= 0.6 is 11.3 Å². The first-order chi connectivity index (χ1) is 10.3. The van der Waals surface area contributed by atoms with E-state index in [1.165, 1.54) is 21.3 Å². The van der Waals surface area contributed by atoms with Crippen LogP contribution in [0.4, 0.5) is 0 Å². The molecule has 1 aromatic carbocycles. The van der Waals surface area contributed by atoms with Gasteiger partial charge in [0.2, 0.25) is 0 Å². The van der Waals surface area contributed by atoms with Crippen LogP contribution in [0.25, 0.3) is 10.1 Å². The monoisotopic (exact) mass is 299 g/mol. The van der Waals surface area contributed by atoms with Gasteiger partial charge in [-0.3, -0.25) is 4.68 Å². The van der Waals surface area contributed by atoms with Crippen molar-refractivity contribution in [1.29, 1.82) is 0 Å². The third-order valence-corrected chi connectivity index (χ3v) is 4.85. The summed E-state index contributed by atoms with van der Waals surface area (Å²) in [5, 5.41) is 11.7. The zero-order valence-corrected chi connectivity index (χ0v) is 13.4. The molecule has 4 heteroatoms. The number of fused-ring (bicyclic) bond motifs is 1. The third-order valence-electron chi connectivity index (χ3n) is 3.84. The SMILES string of the molecule is CCCNC(Cc1csc2ccccc12)c1ccnn1C. The Balaban J connectivity index is 1.89. The van der Waals surface area contributed by atoms with Crippen LogP contribution in [0, 0.1) is 0 Å². The van der Waals surface area contributed by atoms with Gasteiger partial charge in [-0.2, -0.15) is 5.10 Å². The van der Waals surface area contributed by atoms with Gasteiger partial charge in [-0.15, -0.1) is 11.3 Å². The molecule has 0 bridgehead atoms. The van der Waals surface area contributed by atoms with Gasteiger partial charge in [-0.05, 0) is 47.8 Å². The number of nitrogens with zero attached hydrogens (tertiary/aromatic N) is 2. The minimum atomic E-state index is 0.315. The quantitative estimate of drug-likeness (QED) is 0.747. The molecule has 110 valence electrons. The minimum absolute atomic E-state index is 0.315. The highest BCUT2D eigenvalue weighted by atomic mass is 32.1. The fraction of sp³-hybridized carbons (Fsp3) is 0.353. The molecule has 0 saturated heterocycles. The van der Waals surface area contributed by atoms with E-state index in [2.05, 4.69) is 53.1 Å². The Bertz CT molecular complexity index is 713. The summed E-state index contributed by atoms with van der Waals surface area (Å²) < 4.78 is 3.34. The lowest BCUT2D eigenvalue weighted by Crippen LogP contribution is -2.26. The smallest absolute Gasteiger partial charge is 0.0553 e. The zero-order valence-electron chi connectivity index (χ0n) is 12.5. The van der Waals surface area contributed by atoms with Crippen molar-refractivity contribution in [2.45, 2.75) is 25.8 Å². The first-order valence-electron chi connectivity index (χ1n) is 7.46. The summed E-state index contributed by atoms with van der Waals surface area (Å²) in [6.45, 7) is 3.23. The second-order valence-electron chi connectivity index (χ2n) is 5.35. The third kappa shape index (κ3) is 3.01. The maximum atomic E-state index is 4.32. The van der Waals surface area contributed by atoms with Crippen LogP contribution in [-0.4, -0.2) is 16.3 Å². The summed E-state index contributed by atoms with van der Waals surface area (Å²) in [4.78, 5) is 0. The molecule has 21 heavy (non-hydrogen) atoms. The van der Waals surface area contributed by atoms with E-state index >= 15 is 0 Å². The van der Waals surface area contributed by atoms with Gasteiger partial charge in [0.05, 0.1) is 11.7 Å². The van der Waals surface area contributed by atoms with Crippen LogP contribution in [0.5, 0.6) is 0 Å². The van der Waals surface area contributed by atoms with Crippen LogP contribution in [-0.2, 0) is 13.5 Å². The van der Waals surface area contributed by atoms with Crippen LogP contribution < -0.4 is 5.32 Å². The second kappa shape index (κ2) is 6.41. The lowest BCUT2D eigenvalue weighted by Gasteiger charge is -2.18. The molecule has 3 nitrogen and oxygen atoms in total. The number of benzene rings is 1. The van der Waals surface area contributed by atoms with Crippen molar-refractivity contribution >= 4 is 21.4 Å². The van der Waals surface area contributed by atoms with Gasteiger partial charge in [0.15, 0.2) is 0 Å². The number of rotatable bonds is 6. The van der Waals surface area contributed by atoms with E-state index in [9.17, 15) is 0 Å². The molecule has 3 rings (SSSR count). The maximum absolute atomic E-state index is 4.32. The maximum Gasteiger partial charge on any atom is 0.0553 e. The first kappa shape index (κ1) is 14.3. The van der Waals surface area contributed by atoms with E-state index in [1.54, 1.807) is 0 Å². The standard InChI is InChI=1S/C17H21N3S/c1-3-9-18-15(16-8-10-19-20(16)2)11-13-12-21-17-7-5-4-6-14(13)17/h4-8,10,12,15,18H,3,9,11H2,1-2H3. The summed E-state index contributed by atoms with van der Waals surface area (Å²) in [6.07, 6.45) is 4.02. The molecular weight excluding hydrogens is 278 g/mol. The molecule has 3 aromatic rings. The van der Waals surface area contributed by atoms with E-state index in [0.717, 1.165) is 19.4 Å². The largest absolute Gasteiger partial charge is 0.308 e. The lowest BCUT2D eigenvalue weighted by atomic mass is 10.0. The Labute approximate surface area is 129 Å². The average molecular weight is 299 g/mol. The second-order valence-corrected chi connectivity index (χ2v) is 6.26. The van der Waals surface area contributed by atoms with Crippen molar-refractivity contribution in [2.24, 2.45) is 7.05 Å². The van der Waals surface area contributed by atoms with Crippen LogP contribution in [0.1, 0.15) is 30.6 Å². The van der Waals surface area contributed by atoms with Gasteiger partial charge in [-0.1, -0.05) is 25.1 Å². The molecule has 0 saturated carbocycles. The molecule has 2 heterocycles. The van der Waals surface area contributed by atoms with Gasteiger partial charge < -0.3 is 5.32 Å². The molecule has 0 fully saturated rings. The van der Waals surface area contributed by atoms with Gasteiger partial charge in [0, 0.05) is 17.9 Å². The topological polar surface area (TPSA) is 29.9 Å². The molecule has 1 N–H and O–H groups in total. The Morgan fingerprint density at radius 3 is 2.90 bits per heavy atom. The number of hydrogen-bond donors (Lipinski definition) is 1. The van der Waals surface area contributed by atoms with Gasteiger partial charge in [0.25, 0.3) is 0 Å². The fourth-order valence-corrected chi connectivity index (χ4v) is 3.71. The fourth-order valence-electron chi connectivity index (χ4n) is 2.74. The summed E-state index contributed by atoms with van der Waals surface area (Å²) in [7, 11) is 2.02. The summed E-state index contributed by atoms with van der Waals surface area (Å²) in [5.74, 6) is 0. The van der Waals surface area contributed by atoms with E-state index in [1.807, 2.05) is 29.3 Å². The molecule has 0 aliphatic rings. The van der Waals surface area contributed by atoms with E-state index in [4.69, 9.17) is 0 Å². The van der Waals surface area contributed by atoms with Crippen molar-refractivity contribution in [3.05, 3.63) is 53.2 Å². The number of thiophene rings is 1. The van der Waals surface area contributed by atoms with E-state index in [0.29, 0.717) is 6.04 Å². The highest BCUT2D eigenvalue weighted by Gasteiger charge is 2.16. The van der Waals surface area contributed by atoms with Crippen molar-refractivity contribution in [1.82, 2.24) is 15.1 Å². The molecule has 0 spiro atoms. The lowest BCUT2D eigenvalue weighted by molar-refractivity contribution is 0.495. The Kier molecular flexibility index (Phi) is 4.36. The zero-order chi connectivity index (χ0) is 14.7. The predicted octanol–water partition coefficient (Wildman–Crippen LogP) is 3.92. The van der Waals surface area contributed by atoms with E-state index in [-0.39, 0.29) is 0 Å². The van der Waals surface area contributed by atoms with Crippen molar-refractivity contribution in [3.63, 3.8) is 0 Å². The van der Waals surface area contributed by atoms with Crippen molar-refractivity contribution < 1.29 is 0 Å². The summed E-state index contributed by atoms with van der Waals surface area (Å²) >= 11 is 1.83. The highest BCUT2D eigenvalue weighted by molar-refractivity contribution is 7.17. The Morgan fingerprint density at radius 1 is 1.29 bits per heavy atom. The van der Waals surface area contributed by atoms with Gasteiger partial charge in [-0.25, -0.2) is 0 Å². The predicted molar refractivity (Wildman–Crippen MR) is 89.8 cm³/mol. The van der Waals surface area contributed by atoms with Crippen LogP contribution in [0.2, 0.25) is 0 Å². The molecule has 0 aliphatic heterocycles. The summed E-state index contributed by atoms with van der Waals surface area (Å²) in [5.41, 5.74) is 2.67. The molecule has 1 atom stereocenters. The molecule has 0 amide bonds. The van der Waals surface area contributed by atoms with Crippen LogP contribution in [0.3, 0.4) is 0 Å². The van der Waals surface area contributed by atoms with Crippen LogP contribution in [0.15, 0.2) is 41.9 Å². The molecule has 0 aliphatic carbocycles. The number of aryl methyl sites for hydroxylation is 1. The van der Waals surface area contributed by atoms with Crippen molar-refractivity contribution in [3.8, 4) is 0 Å². The number of aromatic nitrogens is 2. The summed E-state index contributed by atoms with van der Waals surface area (Å²) in [6, 6.07) is 11.1.